The number of rotatable bonds is 4. The number of nitrogens with zero attached hydrogens (tertiary/aromatic N) is 1. The zero-order valence-electron chi connectivity index (χ0n) is 17.1. The molecule has 0 atom stereocenters. The zero-order chi connectivity index (χ0) is 21.6. The Hall–Kier alpha value is -3.23. The number of aromatic nitrogens is 2. The van der Waals surface area contributed by atoms with E-state index in [1.54, 1.807) is 24.3 Å². The van der Waals surface area contributed by atoms with Gasteiger partial charge in [-0.3, -0.25) is 30.0 Å². The molecule has 4 aliphatic carbocycles. The number of aromatic amines is 1. The van der Waals surface area contributed by atoms with Crippen LogP contribution in [-0.4, -0.2) is 34.5 Å². The second-order valence-electron chi connectivity index (χ2n) is 9.33. The van der Waals surface area contributed by atoms with Gasteiger partial charge < -0.3 is 5.32 Å². The molecule has 0 unspecified atom stereocenters. The number of H-pyrrole nitrogens is 1. The van der Waals surface area contributed by atoms with Gasteiger partial charge in [-0.1, -0.05) is 18.2 Å². The van der Waals surface area contributed by atoms with E-state index in [2.05, 4.69) is 26.4 Å². The van der Waals surface area contributed by atoms with Crippen molar-refractivity contribution in [3.8, 4) is 0 Å². The number of nitrogens with one attached hydrogen (secondary N) is 4. The molecular weight excluding hydrogens is 398 g/mol. The molecule has 162 valence electrons. The van der Waals surface area contributed by atoms with Crippen LogP contribution in [0, 0.1) is 23.2 Å². The van der Waals surface area contributed by atoms with Gasteiger partial charge in [-0.15, -0.1) is 0 Å². The van der Waals surface area contributed by atoms with Crippen molar-refractivity contribution < 1.29 is 14.4 Å². The van der Waals surface area contributed by atoms with Gasteiger partial charge in [-0.25, -0.2) is 5.10 Å². The maximum absolute atomic E-state index is 12.9. The van der Waals surface area contributed by atoms with Crippen molar-refractivity contribution in [1.82, 2.24) is 26.4 Å². The highest BCUT2D eigenvalue weighted by Gasteiger charge is 2.54. The molecule has 1 aromatic carbocycles. The minimum atomic E-state index is -0.659. The van der Waals surface area contributed by atoms with Crippen molar-refractivity contribution in [1.29, 1.82) is 0 Å². The smallest absolute Gasteiger partial charge is 0.290 e. The summed E-state index contributed by atoms with van der Waals surface area (Å²) in [6, 6.07) is 6.58. The lowest BCUT2D eigenvalue weighted by Gasteiger charge is -2.55. The largest absolute Gasteiger partial charge is 0.346 e. The number of amides is 3. The molecular formula is C22H25N5O4. The van der Waals surface area contributed by atoms with Crippen LogP contribution in [0.1, 0.15) is 49.0 Å². The first-order valence-corrected chi connectivity index (χ1v) is 10.8. The van der Waals surface area contributed by atoms with E-state index >= 15 is 0 Å². The molecule has 9 nitrogen and oxygen atoms in total. The van der Waals surface area contributed by atoms with Crippen LogP contribution in [0.4, 0.5) is 0 Å². The van der Waals surface area contributed by atoms with Crippen molar-refractivity contribution in [2.45, 2.75) is 38.5 Å². The number of hydrazine groups is 1. The van der Waals surface area contributed by atoms with E-state index in [0.29, 0.717) is 28.5 Å². The second-order valence-corrected chi connectivity index (χ2v) is 9.33. The molecule has 6 rings (SSSR count). The van der Waals surface area contributed by atoms with E-state index in [1.165, 1.54) is 19.3 Å². The van der Waals surface area contributed by atoms with Gasteiger partial charge in [-0.2, -0.15) is 5.10 Å². The van der Waals surface area contributed by atoms with Crippen molar-refractivity contribution in [3.05, 3.63) is 40.3 Å². The third kappa shape index (κ3) is 3.58. The normalized spacial score (nSPS) is 28.3. The molecule has 1 heterocycles. The van der Waals surface area contributed by atoms with Crippen molar-refractivity contribution in [2.75, 3.05) is 6.54 Å². The van der Waals surface area contributed by atoms with Gasteiger partial charge >= 0.3 is 0 Å². The topological polar surface area (TPSA) is 133 Å². The molecule has 4 N–H and O–H groups in total. The van der Waals surface area contributed by atoms with E-state index in [9.17, 15) is 19.2 Å². The van der Waals surface area contributed by atoms with E-state index in [0.717, 1.165) is 19.3 Å². The first-order valence-electron chi connectivity index (χ1n) is 10.8. The molecule has 4 aliphatic rings. The van der Waals surface area contributed by atoms with Gasteiger partial charge in [0, 0.05) is 10.8 Å². The van der Waals surface area contributed by atoms with Crippen LogP contribution in [0.3, 0.4) is 0 Å². The van der Waals surface area contributed by atoms with Gasteiger partial charge in [0.05, 0.1) is 11.9 Å². The second kappa shape index (κ2) is 7.47. The predicted octanol–water partition coefficient (Wildman–Crippen LogP) is 1.02. The number of benzene rings is 1. The highest BCUT2D eigenvalue weighted by Crippen LogP contribution is 2.60. The van der Waals surface area contributed by atoms with Gasteiger partial charge in [0.25, 0.3) is 17.4 Å². The van der Waals surface area contributed by atoms with Crippen LogP contribution in [0.2, 0.25) is 0 Å². The Kier molecular flexibility index (Phi) is 4.75. The summed E-state index contributed by atoms with van der Waals surface area (Å²) in [5, 5.41) is 9.56. The Morgan fingerprint density at radius 3 is 2.23 bits per heavy atom. The van der Waals surface area contributed by atoms with E-state index in [4.69, 9.17) is 0 Å². The van der Waals surface area contributed by atoms with E-state index in [-0.39, 0.29) is 23.6 Å². The molecule has 0 saturated heterocycles. The number of carbonyl (C=O) groups is 3. The molecule has 0 spiro atoms. The number of hydrogen-bond donors (Lipinski definition) is 4. The fraction of sp³-hybridized carbons (Fsp3) is 0.500. The average Bonchev–Trinajstić information content (AvgIpc) is 2.75. The fourth-order valence-electron chi connectivity index (χ4n) is 6.25. The summed E-state index contributed by atoms with van der Waals surface area (Å²) in [6.07, 6.45) is 6.50. The summed E-state index contributed by atoms with van der Waals surface area (Å²) in [5.41, 5.74) is 3.87. The first kappa shape index (κ1) is 19.7. The van der Waals surface area contributed by atoms with Crippen LogP contribution in [0.5, 0.6) is 0 Å². The summed E-state index contributed by atoms with van der Waals surface area (Å²) in [6.45, 7) is -0.208. The summed E-state index contributed by atoms with van der Waals surface area (Å²) in [5.74, 6) is 0.703. The van der Waals surface area contributed by atoms with Crippen LogP contribution in [-0.2, 0) is 9.59 Å². The molecule has 1 aromatic heterocycles. The Morgan fingerprint density at radius 2 is 1.58 bits per heavy atom. The molecule has 9 heteroatoms. The maximum Gasteiger partial charge on any atom is 0.290 e. The Balaban J connectivity index is 1.17. The molecule has 4 saturated carbocycles. The lowest BCUT2D eigenvalue weighted by Crippen LogP contribution is -2.55. The van der Waals surface area contributed by atoms with Crippen molar-refractivity contribution >= 4 is 28.5 Å². The third-order valence-corrected chi connectivity index (χ3v) is 7.16. The average molecular weight is 423 g/mol. The van der Waals surface area contributed by atoms with Gasteiger partial charge in [0.15, 0.2) is 5.69 Å². The molecule has 31 heavy (non-hydrogen) atoms. The standard InChI is InChI=1S/C22H25N5O4/c28-17(11-23-21(31)22-8-12-5-13(9-22)7-14(6-12)10-22)24-27-20(30)18-15-3-1-2-4-16(15)19(29)26-25-18/h1-4,12-14H,5-11H2,(H,23,31)(H,24,28)(H,26,29)(H,27,30). The van der Waals surface area contributed by atoms with Crippen LogP contribution < -0.4 is 21.7 Å². The molecule has 0 aliphatic heterocycles. The predicted molar refractivity (Wildman–Crippen MR) is 112 cm³/mol. The summed E-state index contributed by atoms with van der Waals surface area (Å²) in [4.78, 5) is 49.4. The SMILES string of the molecule is O=C(CNC(=O)C12CC3CC(CC(C3)C1)C2)NNC(=O)c1n[nH]c(=O)c2ccccc12. The van der Waals surface area contributed by atoms with Gasteiger partial charge in [-0.05, 0) is 62.3 Å². The molecule has 4 fully saturated rings. The minimum absolute atomic E-state index is 0.00639. The minimum Gasteiger partial charge on any atom is -0.346 e. The third-order valence-electron chi connectivity index (χ3n) is 7.16. The molecule has 2 aromatic rings. The lowest BCUT2D eigenvalue weighted by molar-refractivity contribution is -0.147. The zero-order valence-corrected chi connectivity index (χ0v) is 17.1. The van der Waals surface area contributed by atoms with Gasteiger partial charge in [0.2, 0.25) is 5.91 Å². The summed E-state index contributed by atoms with van der Waals surface area (Å²) >= 11 is 0. The van der Waals surface area contributed by atoms with Crippen molar-refractivity contribution in [2.24, 2.45) is 23.2 Å². The van der Waals surface area contributed by atoms with Gasteiger partial charge in [0.1, 0.15) is 0 Å². The van der Waals surface area contributed by atoms with Crippen molar-refractivity contribution in [3.63, 3.8) is 0 Å². The Morgan fingerprint density at radius 1 is 0.968 bits per heavy atom. The fourth-order valence-corrected chi connectivity index (χ4v) is 6.25. The first-order chi connectivity index (χ1) is 14.9. The van der Waals surface area contributed by atoms with Crippen LogP contribution in [0.15, 0.2) is 29.1 Å². The maximum atomic E-state index is 12.9. The molecule has 4 bridgehead atoms. The molecule has 0 radical (unpaired) electrons. The Labute approximate surface area is 178 Å². The van der Waals surface area contributed by atoms with E-state index < -0.39 is 17.4 Å². The number of fused-ring (bicyclic) bond motifs is 1. The molecule has 3 amide bonds. The highest BCUT2D eigenvalue weighted by molar-refractivity contribution is 6.05. The van der Waals surface area contributed by atoms with E-state index in [1.807, 2.05) is 0 Å². The lowest BCUT2D eigenvalue weighted by atomic mass is 9.49. The Bertz CT molecular complexity index is 1090. The summed E-state index contributed by atoms with van der Waals surface area (Å²) < 4.78 is 0. The monoisotopic (exact) mass is 423 g/mol. The summed E-state index contributed by atoms with van der Waals surface area (Å²) in [7, 11) is 0. The number of carbonyl (C=O) groups excluding carboxylic acids is 3. The van der Waals surface area contributed by atoms with Crippen LogP contribution in [0.25, 0.3) is 10.8 Å². The number of hydrogen-bond acceptors (Lipinski definition) is 5. The van der Waals surface area contributed by atoms with Crippen LogP contribution >= 0.6 is 0 Å². The highest BCUT2D eigenvalue weighted by atomic mass is 16.2. The quantitative estimate of drug-likeness (QED) is 0.545.